The van der Waals surface area contributed by atoms with Gasteiger partial charge in [0.15, 0.2) is 27.3 Å². The van der Waals surface area contributed by atoms with Gasteiger partial charge >= 0.3 is 12.4 Å². The quantitative estimate of drug-likeness (QED) is 0.0257. The Labute approximate surface area is 445 Å². The molecule has 3 aromatic heterocycles. The third-order valence-corrected chi connectivity index (χ3v) is 16.4. The summed E-state index contributed by atoms with van der Waals surface area (Å²) < 4.78 is 196. The maximum atomic E-state index is 15.6. The highest BCUT2D eigenvalue weighted by atomic mass is 35.5. The third-order valence-electron chi connectivity index (χ3n) is 13.5. The van der Waals surface area contributed by atoms with Crippen LogP contribution >= 0.6 is 11.6 Å². The molecule has 3 aliphatic rings. The molecule has 420 valence electrons. The highest BCUT2D eigenvalue weighted by Gasteiger charge is 2.68. The summed E-state index contributed by atoms with van der Waals surface area (Å²) in [5, 5.41) is 19.3. The molecule has 18 nitrogen and oxygen atoms in total. The van der Waals surface area contributed by atoms with Crippen LogP contribution in [0, 0.1) is 34.8 Å². The Morgan fingerprint density at radius 3 is 2.26 bits per heavy atom. The van der Waals surface area contributed by atoms with Crippen LogP contribution in [0.4, 0.5) is 49.7 Å². The Morgan fingerprint density at radius 1 is 1.00 bits per heavy atom. The maximum Gasteiger partial charge on any atom is 0.435 e. The molecule has 8 rings (SSSR count). The van der Waals surface area contributed by atoms with Crippen LogP contribution in [0.1, 0.15) is 66.1 Å². The molecule has 6 N–H and O–H groups in total. The number of nitrogens with two attached hydrogens (primary N) is 1. The fraction of sp³-hybridized carbons (Fsp3) is 0.447. The zero-order valence-corrected chi connectivity index (χ0v) is 43.6. The lowest BCUT2D eigenvalue weighted by Gasteiger charge is -2.34. The number of amides is 2. The molecule has 5 aromatic rings. The van der Waals surface area contributed by atoms with Crippen molar-refractivity contribution in [2.75, 3.05) is 56.4 Å². The van der Waals surface area contributed by atoms with Gasteiger partial charge in [0.25, 0.3) is 17.2 Å². The minimum atomic E-state index is -5.22. The second-order valence-corrected chi connectivity index (χ2v) is 23.2. The monoisotopic (exact) mass is 1160 g/mol. The lowest BCUT2D eigenvalue weighted by molar-refractivity contribution is -0.143. The molecule has 4 atom stereocenters. The summed E-state index contributed by atoms with van der Waals surface area (Å²) >= 11 is 3.51. The molecule has 0 bridgehead atoms. The number of sulfone groups is 1. The number of nitrogens with one attached hydrogen (secondary N) is 3. The number of benzene rings is 2. The Kier molecular flexibility index (Phi) is 15.7. The lowest BCUT2D eigenvalue weighted by atomic mass is 9.93. The van der Waals surface area contributed by atoms with Gasteiger partial charge in [-0.1, -0.05) is 23.6 Å². The van der Waals surface area contributed by atoms with Gasteiger partial charge in [0.1, 0.15) is 47.4 Å². The zero-order valence-electron chi connectivity index (χ0n) is 41.2. The summed E-state index contributed by atoms with van der Waals surface area (Å²) in [5.74, 6) is -6.66. The molecule has 2 aliphatic carbocycles. The first-order valence-electron chi connectivity index (χ1n) is 23.5. The van der Waals surface area contributed by atoms with E-state index in [0.29, 0.717) is 47.8 Å². The van der Waals surface area contributed by atoms with Gasteiger partial charge in [-0.15, -0.1) is 0 Å². The second-order valence-electron chi connectivity index (χ2n) is 19.3. The number of fused-ring (bicyclic) bond motifs is 4. The molecule has 0 radical (unpaired) electrons. The molecule has 1 saturated heterocycles. The Bertz CT molecular complexity index is 3410. The summed E-state index contributed by atoms with van der Waals surface area (Å²) in [6.45, 7) is 0.469. The number of rotatable bonds is 16. The number of guanidine groups is 1. The molecule has 2 amide bonds. The summed E-state index contributed by atoms with van der Waals surface area (Å²) in [5.41, 5.74) is -0.0209. The molecule has 0 spiro atoms. The number of hydrogen-bond donors (Lipinski definition) is 5. The van der Waals surface area contributed by atoms with E-state index in [-0.39, 0.29) is 51.0 Å². The van der Waals surface area contributed by atoms with E-state index in [2.05, 4.69) is 37.7 Å². The Balaban J connectivity index is 1.25. The van der Waals surface area contributed by atoms with Crippen molar-refractivity contribution >= 4 is 67.2 Å². The van der Waals surface area contributed by atoms with Gasteiger partial charge in [-0.2, -0.15) is 45.3 Å². The van der Waals surface area contributed by atoms with Gasteiger partial charge in [-0.3, -0.25) is 33.8 Å². The van der Waals surface area contributed by atoms with Crippen LogP contribution in [0.25, 0.3) is 22.0 Å². The number of piperazine rings is 1. The average Bonchev–Trinajstić information content (AvgIpc) is 3.77. The lowest BCUT2D eigenvalue weighted by Crippen LogP contribution is -2.52. The van der Waals surface area contributed by atoms with Crippen molar-refractivity contribution in [2.45, 2.75) is 74.8 Å². The molecule has 2 aromatic carbocycles. The first kappa shape index (κ1) is 57.6. The van der Waals surface area contributed by atoms with Crippen LogP contribution in [-0.4, -0.2) is 132 Å². The number of carbonyl (C=O) groups excluding carboxylic acids is 2. The van der Waals surface area contributed by atoms with Crippen molar-refractivity contribution in [1.29, 1.82) is 5.41 Å². The number of hydrogen-bond acceptors (Lipinski definition) is 10. The van der Waals surface area contributed by atoms with Crippen molar-refractivity contribution in [2.24, 2.45) is 11.7 Å². The van der Waals surface area contributed by atoms with Crippen molar-refractivity contribution in [3.8, 4) is 23.0 Å². The van der Waals surface area contributed by atoms with E-state index in [1.165, 1.54) is 26.0 Å². The summed E-state index contributed by atoms with van der Waals surface area (Å²) in [7, 11) is -3.90. The van der Waals surface area contributed by atoms with E-state index in [4.69, 9.17) is 22.7 Å². The maximum absolute atomic E-state index is 15.6. The minimum absolute atomic E-state index is 0.00694. The van der Waals surface area contributed by atoms with Gasteiger partial charge in [-0.25, -0.2) is 30.7 Å². The molecule has 78 heavy (non-hydrogen) atoms. The van der Waals surface area contributed by atoms with Crippen molar-refractivity contribution in [3.63, 3.8) is 0 Å². The first-order chi connectivity index (χ1) is 36.2. The van der Waals surface area contributed by atoms with Crippen LogP contribution in [-0.2, 0) is 62.3 Å². The van der Waals surface area contributed by atoms with Gasteiger partial charge in [0.05, 0.1) is 27.7 Å². The molecule has 1 aliphatic heterocycles. The number of pyridine rings is 1. The van der Waals surface area contributed by atoms with Crippen molar-refractivity contribution in [1.82, 2.24) is 45.0 Å². The summed E-state index contributed by atoms with van der Waals surface area (Å²) in [6, 6.07) is 5.04. The normalized spacial score (nSPS) is 18.2. The number of carbonyl (C=O) groups is 2. The van der Waals surface area contributed by atoms with E-state index in [1.54, 1.807) is 4.90 Å². The number of halogens is 11. The van der Waals surface area contributed by atoms with E-state index < -0.39 is 151 Å². The van der Waals surface area contributed by atoms with Crippen LogP contribution in [0.2, 0.25) is 5.02 Å². The molecule has 31 heteroatoms. The van der Waals surface area contributed by atoms with Crippen LogP contribution in [0.5, 0.6) is 0 Å². The van der Waals surface area contributed by atoms with Gasteiger partial charge in [0.2, 0.25) is 11.8 Å². The predicted octanol–water partition coefficient (Wildman–Crippen LogP) is 5.86. The van der Waals surface area contributed by atoms with Crippen LogP contribution in [0.3, 0.4) is 0 Å². The Hall–Kier alpha value is -6.55. The highest BCUT2D eigenvalue weighted by molar-refractivity contribution is 7.92. The van der Waals surface area contributed by atoms with Crippen LogP contribution in [0.15, 0.2) is 42.5 Å². The van der Waals surface area contributed by atoms with Crippen LogP contribution < -0.4 is 20.7 Å². The molecular formula is C47H47ClF10N12O6S2. The van der Waals surface area contributed by atoms with Gasteiger partial charge in [-0.05, 0) is 74.4 Å². The zero-order chi connectivity index (χ0) is 57.2. The fourth-order valence-electron chi connectivity index (χ4n) is 9.39. The molecule has 2 fully saturated rings. The number of aromatic nitrogens is 5. The largest absolute Gasteiger partial charge is 0.435 e. The average molecular weight is 1170 g/mol. The third kappa shape index (κ3) is 12.2. The van der Waals surface area contributed by atoms with Gasteiger partial charge < -0.3 is 21.3 Å². The smallest absolute Gasteiger partial charge is 0.370 e. The molecule has 1 saturated carbocycles. The molecule has 2 unspecified atom stereocenters. The number of anilines is 1. The molecule has 4 heterocycles. The topological polar surface area (TPSA) is 238 Å². The predicted molar refractivity (Wildman–Crippen MR) is 264 cm³/mol. The van der Waals surface area contributed by atoms with Crippen molar-refractivity contribution < 1.29 is 70.7 Å². The fourth-order valence-corrected chi connectivity index (χ4v) is 10.4. The highest BCUT2D eigenvalue weighted by Crippen LogP contribution is 2.68. The summed E-state index contributed by atoms with van der Waals surface area (Å²) in [4.78, 5) is 35.8. The van der Waals surface area contributed by atoms with Gasteiger partial charge in [0, 0.05) is 74.2 Å². The first-order valence-corrected chi connectivity index (χ1v) is 26.8. The number of nitrogens with zero attached hydrogens (tertiary/aromatic N) is 8. The molecular weight excluding hydrogens is 1120 g/mol. The second kappa shape index (κ2) is 21.3. The Morgan fingerprint density at radius 2 is 1.65 bits per heavy atom. The summed E-state index contributed by atoms with van der Waals surface area (Å²) in [6.07, 6.45) is -10.4. The van der Waals surface area contributed by atoms with E-state index in [0.717, 1.165) is 30.5 Å². The van der Waals surface area contributed by atoms with E-state index in [9.17, 15) is 61.9 Å². The van der Waals surface area contributed by atoms with E-state index in [1.807, 2.05) is 4.90 Å². The number of alkyl halides is 8. The minimum Gasteiger partial charge on any atom is -0.370 e. The SMILES string of the molecule is CC(C)(C#Cc1ccc(-c2ccc(Cl)c3c(N(CC(=O)NCCN4CCN(C(=N)N)CC4)S(=O)O)nn(CC(F)(F)F)c23)c(C(Cc2cc(F)cc(F)c2)NC(=O)Cn2nc(C(F)(F)F)c3c2C(F)(F)[C@@H]2C[C@H]32)n1)S(C)(=O)=O. The van der Waals surface area contributed by atoms with E-state index >= 15 is 8.78 Å². The standard InChI is InChI=1S/C47H47ClF10N12O6S2/c1-44(2,78(3,75)76)9-8-27-4-5-28(38(62-27)33(18-24-16-25(49)19-26(50)17-24)63-35(72)21-68-41-36(40(64-68)47(56,57)58)30-20-31(30)46(41,54)55)29-6-7-32(48)37-39(29)69(23-45(51,52)53)65-42(37)70(77(73)74)22-34(71)61-10-11-66-12-14-67(15-13-66)43(59)60/h4-7,16-17,19,30-31,33H,10-15,18,20-23H2,1-3H3,(H3,59,60)(H,61,71)(H,63,72)(H,73,74)/t30-,31+,33?/m0/s1. The van der Waals surface area contributed by atoms with Crippen molar-refractivity contribution in [3.05, 3.63) is 93.0 Å².